The van der Waals surface area contributed by atoms with E-state index in [2.05, 4.69) is 166 Å². The van der Waals surface area contributed by atoms with Crippen molar-refractivity contribution in [2.24, 2.45) is 0 Å². The van der Waals surface area contributed by atoms with Crippen LogP contribution in [0.5, 0.6) is 0 Å². The van der Waals surface area contributed by atoms with Crippen molar-refractivity contribution in [3.63, 3.8) is 0 Å². The van der Waals surface area contributed by atoms with E-state index in [1.807, 2.05) is 0 Å². The molecule has 0 spiro atoms. The SMILES string of the molecule is C=C(/C=C\C)Cc1cc(Cc2ccc(-n3c4ccccc4c4ccccc43)cc2)c(Cc2ccc(C)cc2)cc1C/C(C)=C/CC. The molecule has 6 rings (SSSR count). The number of para-hydroxylation sites is 2. The Hall–Kier alpha value is -4.88. The molecule has 1 aromatic heterocycles. The van der Waals surface area contributed by atoms with Crippen molar-refractivity contribution in [2.75, 3.05) is 0 Å². The van der Waals surface area contributed by atoms with Gasteiger partial charge in [-0.05, 0) is 111 Å². The summed E-state index contributed by atoms with van der Waals surface area (Å²) in [5, 5.41) is 2.58. The third-order valence-electron chi connectivity index (χ3n) is 9.05. The fraction of sp³-hybridized carbons (Fsp3) is 0.200. The van der Waals surface area contributed by atoms with E-state index in [0.717, 1.165) is 37.7 Å². The second-order valence-corrected chi connectivity index (χ2v) is 12.7. The molecule has 5 aromatic carbocycles. The second-order valence-electron chi connectivity index (χ2n) is 12.7. The molecule has 1 nitrogen and oxygen atoms in total. The Kier molecular flexibility index (Phi) is 9.50. The highest BCUT2D eigenvalue weighted by atomic mass is 15.0. The Balaban J connectivity index is 1.40. The molecule has 0 bridgehead atoms. The van der Waals surface area contributed by atoms with Gasteiger partial charge < -0.3 is 4.57 Å². The van der Waals surface area contributed by atoms with Gasteiger partial charge >= 0.3 is 0 Å². The number of rotatable bonds is 11. The summed E-state index contributed by atoms with van der Waals surface area (Å²) in [6.07, 6.45) is 11.3. The molecule has 0 atom stereocenters. The van der Waals surface area contributed by atoms with E-state index >= 15 is 0 Å². The molecule has 0 amide bonds. The summed E-state index contributed by atoms with van der Waals surface area (Å²) >= 11 is 0. The van der Waals surface area contributed by atoms with Crippen molar-refractivity contribution in [2.45, 2.75) is 59.8 Å². The molecule has 0 aliphatic heterocycles. The third-order valence-corrected chi connectivity index (χ3v) is 9.05. The van der Waals surface area contributed by atoms with Crippen LogP contribution in [0.4, 0.5) is 0 Å². The molecule has 0 unspecified atom stereocenters. The van der Waals surface area contributed by atoms with Gasteiger partial charge in [-0.25, -0.2) is 0 Å². The number of hydrogen-bond acceptors (Lipinski definition) is 0. The van der Waals surface area contributed by atoms with Crippen molar-refractivity contribution in [3.05, 3.63) is 184 Å². The maximum atomic E-state index is 4.38. The van der Waals surface area contributed by atoms with Crippen LogP contribution in [-0.2, 0) is 25.7 Å². The zero-order valence-corrected chi connectivity index (χ0v) is 27.8. The largest absolute Gasteiger partial charge is 0.309 e. The highest BCUT2D eigenvalue weighted by Crippen LogP contribution is 2.32. The third kappa shape index (κ3) is 6.85. The van der Waals surface area contributed by atoms with Gasteiger partial charge in [0.25, 0.3) is 0 Å². The van der Waals surface area contributed by atoms with Gasteiger partial charge in [0, 0.05) is 16.5 Å². The minimum atomic E-state index is 0.865. The maximum Gasteiger partial charge on any atom is 0.0541 e. The Morgan fingerprint density at radius 1 is 0.674 bits per heavy atom. The molecule has 6 aromatic rings. The van der Waals surface area contributed by atoms with Gasteiger partial charge in [-0.3, -0.25) is 0 Å². The molecule has 0 radical (unpaired) electrons. The zero-order valence-electron chi connectivity index (χ0n) is 27.8. The van der Waals surface area contributed by atoms with Crippen LogP contribution in [-0.4, -0.2) is 4.57 Å². The summed E-state index contributed by atoms with van der Waals surface area (Å²) < 4.78 is 2.39. The predicted molar refractivity (Wildman–Crippen MR) is 199 cm³/mol. The summed E-state index contributed by atoms with van der Waals surface area (Å²) in [7, 11) is 0. The normalized spacial score (nSPS) is 12.0. The fourth-order valence-corrected chi connectivity index (χ4v) is 6.82. The van der Waals surface area contributed by atoms with Crippen molar-refractivity contribution < 1.29 is 0 Å². The van der Waals surface area contributed by atoms with Crippen LogP contribution in [0.15, 0.2) is 145 Å². The summed E-state index contributed by atoms with van der Waals surface area (Å²) in [4.78, 5) is 0. The molecular weight excluding hydrogens is 555 g/mol. The molecule has 0 aliphatic rings. The summed E-state index contributed by atoms with van der Waals surface area (Å²) in [5.74, 6) is 0. The molecule has 0 saturated carbocycles. The molecule has 230 valence electrons. The minimum Gasteiger partial charge on any atom is -0.309 e. The highest BCUT2D eigenvalue weighted by molar-refractivity contribution is 6.09. The van der Waals surface area contributed by atoms with Crippen LogP contribution in [0.25, 0.3) is 27.5 Å². The maximum absolute atomic E-state index is 4.38. The van der Waals surface area contributed by atoms with E-state index in [-0.39, 0.29) is 0 Å². The smallest absolute Gasteiger partial charge is 0.0541 e. The van der Waals surface area contributed by atoms with Crippen molar-refractivity contribution in [1.82, 2.24) is 4.57 Å². The number of aromatic nitrogens is 1. The van der Waals surface area contributed by atoms with Gasteiger partial charge in [-0.2, -0.15) is 0 Å². The summed E-state index contributed by atoms with van der Waals surface area (Å²) in [5.41, 5.74) is 15.8. The Bertz CT molecular complexity index is 1990. The molecule has 0 fully saturated rings. The highest BCUT2D eigenvalue weighted by Gasteiger charge is 2.15. The number of aryl methyl sites for hydroxylation is 1. The zero-order chi connectivity index (χ0) is 32.0. The topological polar surface area (TPSA) is 4.93 Å². The summed E-state index contributed by atoms with van der Waals surface area (Å²) in [6.45, 7) is 13.1. The summed E-state index contributed by atoms with van der Waals surface area (Å²) in [6, 6.07) is 40.6. The molecule has 1 heteroatoms. The quantitative estimate of drug-likeness (QED) is 0.103. The Labute approximate surface area is 275 Å². The van der Waals surface area contributed by atoms with Crippen molar-refractivity contribution in [3.8, 4) is 5.69 Å². The number of hydrogen-bond donors (Lipinski definition) is 0. The van der Waals surface area contributed by atoms with E-state index in [4.69, 9.17) is 0 Å². The molecule has 0 aliphatic carbocycles. The van der Waals surface area contributed by atoms with E-state index in [0.29, 0.717) is 0 Å². The van der Waals surface area contributed by atoms with E-state index in [9.17, 15) is 0 Å². The second kappa shape index (κ2) is 14.0. The van der Waals surface area contributed by atoms with Crippen LogP contribution in [0.1, 0.15) is 66.1 Å². The van der Waals surface area contributed by atoms with Crippen LogP contribution in [0.2, 0.25) is 0 Å². The fourth-order valence-electron chi connectivity index (χ4n) is 6.82. The van der Waals surface area contributed by atoms with Crippen molar-refractivity contribution >= 4 is 21.8 Å². The molecule has 0 saturated heterocycles. The molecule has 46 heavy (non-hydrogen) atoms. The van der Waals surface area contributed by atoms with E-state index in [1.165, 1.54) is 72.0 Å². The lowest BCUT2D eigenvalue weighted by atomic mass is 9.87. The Morgan fingerprint density at radius 3 is 1.74 bits per heavy atom. The predicted octanol–water partition coefficient (Wildman–Crippen LogP) is 11.8. The van der Waals surface area contributed by atoms with Crippen LogP contribution < -0.4 is 0 Å². The van der Waals surface area contributed by atoms with Crippen LogP contribution in [0, 0.1) is 6.92 Å². The Morgan fingerprint density at radius 2 is 1.20 bits per heavy atom. The lowest BCUT2D eigenvalue weighted by molar-refractivity contribution is 1.01. The van der Waals surface area contributed by atoms with Gasteiger partial charge in [0.05, 0.1) is 11.0 Å². The number of allylic oxidation sites excluding steroid dienone is 5. The first kappa shape index (κ1) is 31.1. The van der Waals surface area contributed by atoms with Gasteiger partial charge in [-0.15, -0.1) is 0 Å². The van der Waals surface area contributed by atoms with Crippen LogP contribution in [0.3, 0.4) is 0 Å². The van der Waals surface area contributed by atoms with E-state index in [1.54, 1.807) is 0 Å². The first-order valence-corrected chi connectivity index (χ1v) is 16.7. The van der Waals surface area contributed by atoms with Crippen LogP contribution >= 0.6 is 0 Å². The van der Waals surface area contributed by atoms with Gasteiger partial charge in [0.1, 0.15) is 0 Å². The number of benzene rings is 5. The van der Waals surface area contributed by atoms with Gasteiger partial charge in [0.15, 0.2) is 0 Å². The monoisotopic (exact) mass is 599 g/mol. The number of fused-ring (bicyclic) bond motifs is 3. The first-order valence-electron chi connectivity index (χ1n) is 16.7. The standard InChI is InChI=1S/C45H45N/c1-6-12-33(4)26-37-30-39(28-35-20-18-32(3)19-21-35)40(31-38(37)27-34(5)13-7-2)29-36-22-24-41(25-23-36)46-44-16-10-8-14-42(44)43-15-9-11-17-45(43)46/h7-25,30-31H,5-6,26-29H2,1-4H3/b13-7-,33-12+. The number of nitrogens with zero attached hydrogens (tertiary/aromatic N) is 1. The van der Waals surface area contributed by atoms with Gasteiger partial charge in [-0.1, -0.05) is 133 Å². The van der Waals surface area contributed by atoms with Crippen molar-refractivity contribution in [1.29, 1.82) is 0 Å². The van der Waals surface area contributed by atoms with E-state index < -0.39 is 0 Å². The average molecular weight is 600 g/mol. The molecule has 0 N–H and O–H groups in total. The molecule has 1 heterocycles. The lowest BCUT2D eigenvalue weighted by Crippen LogP contribution is -2.05. The molecular formula is C45H45N. The van der Waals surface area contributed by atoms with Gasteiger partial charge in [0.2, 0.25) is 0 Å². The average Bonchev–Trinajstić information content (AvgIpc) is 3.39. The minimum absolute atomic E-state index is 0.865. The first-order chi connectivity index (χ1) is 22.4. The lowest BCUT2D eigenvalue weighted by Gasteiger charge is -2.18.